The molecule has 0 amide bonds. The molecule has 3 unspecified atom stereocenters. The van der Waals surface area contributed by atoms with E-state index >= 15 is 0 Å². The van der Waals surface area contributed by atoms with Crippen LogP contribution in [0.4, 0.5) is 4.39 Å². The highest BCUT2D eigenvalue weighted by Gasteiger charge is 2.22. The first-order valence-corrected chi connectivity index (χ1v) is 7.69. The molecular weight excluding hydrogens is 251 g/mol. The summed E-state index contributed by atoms with van der Waals surface area (Å²) in [6, 6.07) is 5.28. The molecule has 1 heterocycles. The van der Waals surface area contributed by atoms with Crippen molar-refractivity contribution >= 4 is 0 Å². The predicted molar refractivity (Wildman–Crippen MR) is 82.1 cm³/mol. The highest BCUT2D eigenvalue weighted by Crippen LogP contribution is 2.23. The first kappa shape index (κ1) is 15.5. The summed E-state index contributed by atoms with van der Waals surface area (Å²) in [6.07, 6.45) is 2.22. The highest BCUT2D eigenvalue weighted by atomic mass is 19.1. The average Bonchev–Trinajstić information content (AvgIpc) is 2.38. The van der Waals surface area contributed by atoms with Gasteiger partial charge in [0.25, 0.3) is 0 Å². The normalized spacial score (nSPS) is 25.6. The van der Waals surface area contributed by atoms with Crippen molar-refractivity contribution in [3.05, 3.63) is 35.1 Å². The summed E-state index contributed by atoms with van der Waals surface area (Å²) in [5, 5.41) is 0. The number of piperidine rings is 1. The predicted octanol–water partition coefficient (Wildman–Crippen LogP) is 3.50. The van der Waals surface area contributed by atoms with Crippen molar-refractivity contribution < 1.29 is 4.39 Å². The molecule has 20 heavy (non-hydrogen) atoms. The van der Waals surface area contributed by atoms with Crippen molar-refractivity contribution in [2.24, 2.45) is 17.6 Å². The Hall–Kier alpha value is -0.930. The van der Waals surface area contributed by atoms with E-state index in [9.17, 15) is 4.39 Å². The van der Waals surface area contributed by atoms with Crippen molar-refractivity contribution in [3.8, 4) is 0 Å². The first-order valence-electron chi connectivity index (χ1n) is 7.69. The fraction of sp³-hybridized carbons (Fsp3) is 0.647. The summed E-state index contributed by atoms with van der Waals surface area (Å²) in [4.78, 5) is 2.50. The summed E-state index contributed by atoms with van der Waals surface area (Å²) < 4.78 is 13.6. The molecular formula is C17H27FN2. The van der Waals surface area contributed by atoms with Crippen LogP contribution in [-0.4, -0.2) is 24.5 Å². The molecule has 0 radical (unpaired) electrons. The zero-order chi connectivity index (χ0) is 14.7. The Labute approximate surface area is 122 Å². The number of hydrogen-bond donors (Lipinski definition) is 1. The van der Waals surface area contributed by atoms with E-state index in [1.165, 1.54) is 19.5 Å². The van der Waals surface area contributed by atoms with Crippen molar-refractivity contribution in [1.29, 1.82) is 0 Å². The van der Waals surface area contributed by atoms with Crippen LogP contribution in [0.15, 0.2) is 18.2 Å². The molecule has 0 bridgehead atoms. The van der Waals surface area contributed by atoms with Crippen molar-refractivity contribution in [2.45, 2.75) is 39.7 Å². The van der Waals surface area contributed by atoms with Gasteiger partial charge in [-0.3, -0.25) is 0 Å². The van der Waals surface area contributed by atoms with Gasteiger partial charge in [0.05, 0.1) is 0 Å². The second kappa shape index (κ2) is 6.68. The van der Waals surface area contributed by atoms with Crippen molar-refractivity contribution in [1.82, 2.24) is 4.90 Å². The number of hydrogen-bond acceptors (Lipinski definition) is 2. The molecule has 3 heteroatoms. The maximum atomic E-state index is 13.6. The van der Waals surface area contributed by atoms with Crippen LogP contribution in [0.5, 0.6) is 0 Å². The Morgan fingerprint density at radius 3 is 2.55 bits per heavy atom. The minimum Gasteiger partial charge on any atom is -0.324 e. The fourth-order valence-electron chi connectivity index (χ4n) is 3.30. The SMILES string of the molecule is Cc1ccc(C(N)CCN2CC(C)CC(C)C2)cc1F. The summed E-state index contributed by atoms with van der Waals surface area (Å²) in [6.45, 7) is 9.75. The van der Waals surface area contributed by atoms with E-state index in [-0.39, 0.29) is 11.9 Å². The molecule has 1 aromatic rings. The monoisotopic (exact) mass is 278 g/mol. The second-order valence-corrected chi connectivity index (χ2v) is 6.61. The van der Waals surface area contributed by atoms with Gasteiger partial charge in [-0.25, -0.2) is 4.39 Å². The molecule has 0 saturated carbocycles. The van der Waals surface area contributed by atoms with Gasteiger partial charge in [-0.05, 0) is 55.3 Å². The first-order chi connectivity index (χ1) is 9.45. The van der Waals surface area contributed by atoms with Crippen molar-refractivity contribution in [2.75, 3.05) is 19.6 Å². The van der Waals surface area contributed by atoms with Crippen LogP contribution < -0.4 is 5.73 Å². The molecule has 112 valence electrons. The smallest absolute Gasteiger partial charge is 0.126 e. The topological polar surface area (TPSA) is 29.3 Å². The van der Waals surface area contributed by atoms with E-state index in [2.05, 4.69) is 18.7 Å². The third kappa shape index (κ3) is 4.03. The molecule has 1 fully saturated rings. The van der Waals surface area contributed by atoms with Gasteiger partial charge >= 0.3 is 0 Å². The lowest BCUT2D eigenvalue weighted by Crippen LogP contribution is -2.39. The molecule has 1 aromatic carbocycles. The molecule has 2 N–H and O–H groups in total. The lowest BCUT2D eigenvalue weighted by atomic mass is 9.91. The van der Waals surface area contributed by atoms with Gasteiger partial charge < -0.3 is 10.6 Å². The fourth-order valence-corrected chi connectivity index (χ4v) is 3.30. The average molecular weight is 278 g/mol. The number of nitrogens with two attached hydrogens (primary N) is 1. The molecule has 0 aromatic heterocycles. The Morgan fingerprint density at radius 2 is 1.95 bits per heavy atom. The minimum absolute atomic E-state index is 0.0716. The minimum atomic E-state index is -0.154. The van der Waals surface area contributed by atoms with Crippen LogP contribution in [0.1, 0.15) is 43.9 Å². The number of rotatable bonds is 4. The second-order valence-electron chi connectivity index (χ2n) is 6.61. The molecule has 0 spiro atoms. The number of halogens is 1. The van der Waals surface area contributed by atoms with Crippen LogP contribution >= 0.6 is 0 Å². The zero-order valence-electron chi connectivity index (χ0n) is 12.9. The molecule has 1 aliphatic rings. The largest absolute Gasteiger partial charge is 0.324 e. The maximum absolute atomic E-state index is 13.6. The van der Waals surface area contributed by atoms with Crippen LogP contribution in [-0.2, 0) is 0 Å². The van der Waals surface area contributed by atoms with Gasteiger partial charge in [0.2, 0.25) is 0 Å². The summed E-state index contributed by atoms with van der Waals surface area (Å²) in [7, 11) is 0. The third-order valence-electron chi connectivity index (χ3n) is 4.32. The third-order valence-corrected chi connectivity index (χ3v) is 4.32. The summed E-state index contributed by atoms with van der Waals surface area (Å²) >= 11 is 0. The molecule has 1 aliphatic heterocycles. The van der Waals surface area contributed by atoms with Gasteiger partial charge in [0.15, 0.2) is 0 Å². The molecule has 0 aliphatic carbocycles. The molecule has 3 atom stereocenters. The Bertz CT molecular complexity index is 437. The van der Waals surface area contributed by atoms with E-state index in [1.54, 1.807) is 13.0 Å². The maximum Gasteiger partial charge on any atom is 0.126 e. The number of nitrogens with zero attached hydrogens (tertiary/aromatic N) is 1. The standard InChI is InChI=1S/C17H27FN2/c1-12-8-13(2)11-20(10-12)7-6-17(19)15-5-4-14(3)16(18)9-15/h4-5,9,12-13,17H,6-8,10-11,19H2,1-3H3. The van der Waals surface area contributed by atoms with E-state index < -0.39 is 0 Å². The number of likely N-dealkylation sites (tertiary alicyclic amines) is 1. The van der Waals surface area contributed by atoms with Gasteiger partial charge in [-0.1, -0.05) is 26.0 Å². The Balaban J connectivity index is 1.88. The van der Waals surface area contributed by atoms with Crippen LogP contribution in [0, 0.1) is 24.6 Å². The van der Waals surface area contributed by atoms with Crippen molar-refractivity contribution in [3.63, 3.8) is 0 Å². The Morgan fingerprint density at radius 1 is 1.30 bits per heavy atom. The van der Waals surface area contributed by atoms with Crippen LogP contribution in [0.2, 0.25) is 0 Å². The van der Waals surface area contributed by atoms with Gasteiger partial charge in [-0.2, -0.15) is 0 Å². The molecule has 2 rings (SSSR count). The highest BCUT2D eigenvalue weighted by molar-refractivity contribution is 5.25. The van der Waals surface area contributed by atoms with E-state index in [4.69, 9.17) is 5.73 Å². The summed E-state index contributed by atoms with van der Waals surface area (Å²) in [5.41, 5.74) is 7.80. The molecule has 2 nitrogen and oxygen atoms in total. The number of aryl methyl sites for hydroxylation is 1. The summed E-state index contributed by atoms with van der Waals surface area (Å²) in [5.74, 6) is 1.39. The van der Waals surface area contributed by atoms with Crippen LogP contribution in [0.3, 0.4) is 0 Å². The van der Waals surface area contributed by atoms with Crippen LogP contribution in [0.25, 0.3) is 0 Å². The lowest BCUT2D eigenvalue weighted by Gasteiger charge is -2.35. The lowest BCUT2D eigenvalue weighted by molar-refractivity contribution is 0.137. The van der Waals surface area contributed by atoms with Gasteiger partial charge in [0, 0.05) is 19.1 Å². The van der Waals surface area contributed by atoms with E-state index in [0.29, 0.717) is 5.56 Å². The van der Waals surface area contributed by atoms with E-state index in [1.807, 2.05) is 12.1 Å². The van der Waals surface area contributed by atoms with Gasteiger partial charge in [-0.15, -0.1) is 0 Å². The van der Waals surface area contributed by atoms with Gasteiger partial charge in [0.1, 0.15) is 5.82 Å². The van der Waals surface area contributed by atoms with E-state index in [0.717, 1.165) is 30.4 Å². The zero-order valence-corrected chi connectivity index (χ0v) is 12.9. The quantitative estimate of drug-likeness (QED) is 0.913. The number of benzene rings is 1. The molecule has 1 saturated heterocycles. The Kier molecular flexibility index (Phi) is 5.17.